The van der Waals surface area contributed by atoms with Crippen molar-refractivity contribution in [1.82, 2.24) is 0 Å². The van der Waals surface area contributed by atoms with Crippen molar-refractivity contribution in [3.05, 3.63) is 19.1 Å². The van der Waals surface area contributed by atoms with Crippen LogP contribution < -0.4 is 0 Å². The van der Waals surface area contributed by atoms with Crippen LogP contribution in [0.1, 0.15) is 0 Å². The molecule has 0 saturated carbocycles. The van der Waals surface area contributed by atoms with Crippen LogP contribution in [-0.4, -0.2) is 17.3 Å². The Labute approximate surface area is 53.9 Å². The zero-order valence-electron chi connectivity index (χ0n) is 4.58. The zero-order chi connectivity index (χ0) is 5.82. The topological polar surface area (TPSA) is 12.4 Å². The summed E-state index contributed by atoms with van der Waals surface area (Å²) in [4.78, 5) is 4.14. The van der Waals surface area contributed by atoms with Crippen molar-refractivity contribution in [2.24, 2.45) is 4.99 Å². The minimum Gasteiger partial charge on any atom is -0.278 e. The minimum atomic E-state index is 0.400. The molecule has 1 unspecified atom stereocenters. The third-order valence-corrected chi connectivity index (χ3v) is 1.76. The number of nitrogens with zero attached hydrogens (tertiary/aromatic N) is 1. The molecule has 0 aromatic rings. The molecule has 8 heavy (non-hydrogen) atoms. The number of aliphatic imine (C=N–C) groups is 1. The van der Waals surface area contributed by atoms with Crippen LogP contribution >= 0.6 is 11.8 Å². The molecule has 1 rings (SSSR count). The standard InChI is InChI=1S/C6H8NS/c1-2-3-6-4-8-5-7-6/h2-3,5-6H,1,4H2. The molecule has 0 amide bonds. The first-order valence-corrected chi connectivity index (χ1v) is 3.57. The van der Waals surface area contributed by atoms with Crippen molar-refractivity contribution in [3.8, 4) is 0 Å². The van der Waals surface area contributed by atoms with Crippen molar-refractivity contribution >= 4 is 17.3 Å². The van der Waals surface area contributed by atoms with Gasteiger partial charge < -0.3 is 0 Å². The molecule has 43 valence electrons. The monoisotopic (exact) mass is 126 g/mol. The van der Waals surface area contributed by atoms with Gasteiger partial charge in [0.2, 0.25) is 0 Å². The van der Waals surface area contributed by atoms with E-state index in [0.717, 1.165) is 5.75 Å². The second-order valence-electron chi connectivity index (χ2n) is 1.58. The van der Waals surface area contributed by atoms with Crippen molar-refractivity contribution in [3.63, 3.8) is 0 Å². The highest BCUT2D eigenvalue weighted by Crippen LogP contribution is 2.11. The molecule has 0 bridgehead atoms. The Balaban J connectivity index is 2.36. The SMILES string of the molecule is [CH2]C=CC1CSC=N1. The Hall–Kier alpha value is -0.240. The lowest BCUT2D eigenvalue weighted by Gasteiger charge is -1.92. The fourth-order valence-corrected chi connectivity index (χ4v) is 1.29. The predicted octanol–water partition coefficient (Wildman–Crippen LogP) is 1.52. The van der Waals surface area contributed by atoms with Gasteiger partial charge in [-0.1, -0.05) is 12.2 Å². The van der Waals surface area contributed by atoms with Gasteiger partial charge in [-0.3, -0.25) is 4.99 Å². The number of allylic oxidation sites excluding steroid dienone is 1. The van der Waals surface area contributed by atoms with Gasteiger partial charge in [-0.2, -0.15) is 0 Å². The predicted molar refractivity (Wildman–Crippen MR) is 39.2 cm³/mol. The van der Waals surface area contributed by atoms with Gasteiger partial charge in [0, 0.05) is 5.75 Å². The molecule has 0 fully saturated rings. The lowest BCUT2D eigenvalue weighted by Crippen LogP contribution is -1.96. The van der Waals surface area contributed by atoms with Crippen molar-refractivity contribution in [1.29, 1.82) is 0 Å². The van der Waals surface area contributed by atoms with E-state index in [2.05, 4.69) is 11.9 Å². The largest absolute Gasteiger partial charge is 0.278 e. The van der Waals surface area contributed by atoms with E-state index >= 15 is 0 Å². The minimum absolute atomic E-state index is 0.400. The fraction of sp³-hybridized carbons (Fsp3) is 0.333. The van der Waals surface area contributed by atoms with Crippen LogP contribution in [0.3, 0.4) is 0 Å². The van der Waals surface area contributed by atoms with E-state index in [4.69, 9.17) is 0 Å². The van der Waals surface area contributed by atoms with Gasteiger partial charge in [-0.15, -0.1) is 11.8 Å². The third kappa shape index (κ3) is 1.37. The maximum Gasteiger partial charge on any atom is 0.0780 e. The van der Waals surface area contributed by atoms with E-state index in [9.17, 15) is 0 Å². The van der Waals surface area contributed by atoms with Crippen LogP contribution in [0.2, 0.25) is 0 Å². The van der Waals surface area contributed by atoms with E-state index in [0.29, 0.717) is 6.04 Å². The summed E-state index contributed by atoms with van der Waals surface area (Å²) >= 11 is 1.75. The Morgan fingerprint density at radius 2 is 2.75 bits per heavy atom. The van der Waals surface area contributed by atoms with Gasteiger partial charge >= 0.3 is 0 Å². The van der Waals surface area contributed by atoms with Crippen LogP contribution in [0.15, 0.2) is 17.1 Å². The second-order valence-corrected chi connectivity index (χ2v) is 2.46. The molecule has 0 spiro atoms. The molecule has 1 heterocycles. The summed E-state index contributed by atoms with van der Waals surface area (Å²) in [5, 5.41) is 0. The first-order chi connectivity index (χ1) is 3.93. The van der Waals surface area contributed by atoms with Crippen LogP contribution in [-0.2, 0) is 0 Å². The summed E-state index contributed by atoms with van der Waals surface area (Å²) in [6, 6.07) is 0.400. The van der Waals surface area contributed by atoms with E-state index in [-0.39, 0.29) is 0 Å². The molecule has 0 aromatic heterocycles. The van der Waals surface area contributed by atoms with Gasteiger partial charge in [-0.25, -0.2) is 0 Å². The maximum absolute atomic E-state index is 4.14. The lowest BCUT2D eigenvalue weighted by atomic mass is 10.3. The molecule has 0 saturated heterocycles. The Morgan fingerprint density at radius 3 is 3.25 bits per heavy atom. The van der Waals surface area contributed by atoms with Gasteiger partial charge in [0.05, 0.1) is 11.6 Å². The highest BCUT2D eigenvalue weighted by Gasteiger charge is 2.04. The number of rotatable bonds is 1. The van der Waals surface area contributed by atoms with E-state index in [1.165, 1.54) is 0 Å². The molecular weight excluding hydrogens is 118 g/mol. The average molecular weight is 126 g/mol. The van der Waals surface area contributed by atoms with Crippen LogP contribution in [0.5, 0.6) is 0 Å². The molecule has 0 aliphatic carbocycles. The zero-order valence-corrected chi connectivity index (χ0v) is 5.40. The van der Waals surface area contributed by atoms with Gasteiger partial charge in [-0.05, 0) is 6.92 Å². The van der Waals surface area contributed by atoms with Crippen LogP contribution in [0.25, 0.3) is 0 Å². The Bertz CT molecular complexity index is 118. The van der Waals surface area contributed by atoms with Crippen molar-refractivity contribution in [2.75, 3.05) is 5.75 Å². The second kappa shape index (κ2) is 2.92. The van der Waals surface area contributed by atoms with Gasteiger partial charge in [0.25, 0.3) is 0 Å². The summed E-state index contributed by atoms with van der Waals surface area (Å²) in [5.74, 6) is 1.09. The molecule has 1 aliphatic heterocycles. The molecule has 1 radical (unpaired) electrons. The smallest absolute Gasteiger partial charge is 0.0780 e. The molecule has 0 aromatic carbocycles. The van der Waals surface area contributed by atoms with Crippen LogP contribution in [0.4, 0.5) is 0 Å². The molecule has 1 atom stereocenters. The summed E-state index contributed by atoms with van der Waals surface area (Å²) < 4.78 is 0. The van der Waals surface area contributed by atoms with Crippen molar-refractivity contribution < 1.29 is 0 Å². The normalized spacial score (nSPS) is 27.9. The number of hydrogen-bond donors (Lipinski definition) is 0. The van der Waals surface area contributed by atoms with E-state index in [1.807, 2.05) is 11.6 Å². The summed E-state index contributed by atoms with van der Waals surface area (Å²) in [6.07, 6.45) is 3.81. The third-order valence-electron chi connectivity index (χ3n) is 0.952. The summed E-state index contributed by atoms with van der Waals surface area (Å²) in [6.45, 7) is 3.59. The first kappa shape index (κ1) is 5.89. The molecule has 2 heteroatoms. The first-order valence-electron chi connectivity index (χ1n) is 2.52. The van der Waals surface area contributed by atoms with Crippen molar-refractivity contribution in [2.45, 2.75) is 6.04 Å². The highest BCUT2D eigenvalue weighted by molar-refractivity contribution is 8.12. The highest BCUT2D eigenvalue weighted by atomic mass is 32.2. The quantitative estimate of drug-likeness (QED) is 0.519. The molecule has 1 nitrogen and oxygen atoms in total. The van der Waals surface area contributed by atoms with Gasteiger partial charge in [0.15, 0.2) is 0 Å². The average Bonchev–Trinajstić information content (AvgIpc) is 2.19. The number of thioether (sulfide) groups is 1. The molecule has 0 N–H and O–H groups in total. The number of hydrogen-bond acceptors (Lipinski definition) is 2. The summed E-state index contributed by atoms with van der Waals surface area (Å²) in [5.41, 5.74) is 1.89. The van der Waals surface area contributed by atoms with Gasteiger partial charge in [0.1, 0.15) is 0 Å². The lowest BCUT2D eigenvalue weighted by molar-refractivity contribution is 0.964. The molecule has 1 aliphatic rings. The summed E-state index contributed by atoms with van der Waals surface area (Å²) in [7, 11) is 0. The Morgan fingerprint density at radius 1 is 1.88 bits per heavy atom. The van der Waals surface area contributed by atoms with Crippen LogP contribution in [0, 0.1) is 6.92 Å². The fourth-order valence-electron chi connectivity index (χ4n) is 0.568. The van der Waals surface area contributed by atoms with E-state index < -0.39 is 0 Å². The maximum atomic E-state index is 4.14. The van der Waals surface area contributed by atoms with E-state index in [1.54, 1.807) is 17.8 Å². The Kier molecular flexibility index (Phi) is 2.15. The molecular formula is C6H8NS.